The number of thioether (sulfide) groups is 1. The number of hydrazone groups is 1. The van der Waals surface area contributed by atoms with Gasteiger partial charge in [-0.2, -0.15) is 5.10 Å². The molecular weight excluding hydrogens is 490 g/mol. The van der Waals surface area contributed by atoms with Crippen LogP contribution in [0.15, 0.2) is 83.1 Å². The average Bonchev–Trinajstić information content (AvgIpc) is 3.36. The van der Waals surface area contributed by atoms with Gasteiger partial charge in [0.2, 0.25) is 0 Å². The second-order valence-electron chi connectivity index (χ2n) is 7.84. The van der Waals surface area contributed by atoms with E-state index in [4.69, 9.17) is 9.47 Å². The summed E-state index contributed by atoms with van der Waals surface area (Å²) in [5.41, 5.74) is 5.62. The van der Waals surface area contributed by atoms with Gasteiger partial charge in [-0.1, -0.05) is 42.1 Å². The summed E-state index contributed by atoms with van der Waals surface area (Å²) in [6.07, 6.45) is 0. The number of aromatic hydroxyl groups is 1. The summed E-state index contributed by atoms with van der Waals surface area (Å²) >= 11 is 1.26. The zero-order chi connectivity index (χ0) is 26.2. The first-order valence-corrected chi connectivity index (χ1v) is 12.6. The highest BCUT2D eigenvalue weighted by atomic mass is 32.2. The molecule has 0 bridgehead atoms. The first-order valence-electron chi connectivity index (χ1n) is 11.6. The lowest BCUT2D eigenvalue weighted by Crippen LogP contribution is -2.21. The van der Waals surface area contributed by atoms with Gasteiger partial charge in [0.05, 0.1) is 25.2 Å². The van der Waals surface area contributed by atoms with E-state index in [1.165, 1.54) is 24.9 Å². The molecule has 4 aromatic rings. The Morgan fingerprint density at radius 3 is 2.54 bits per heavy atom. The van der Waals surface area contributed by atoms with Gasteiger partial charge < -0.3 is 14.6 Å². The maximum atomic E-state index is 12.6. The van der Waals surface area contributed by atoms with Crippen molar-refractivity contribution in [2.75, 3.05) is 19.5 Å². The minimum atomic E-state index is -0.294. The predicted molar refractivity (Wildman–Crippen MR) is 144 cm³/mol. The van der Waals surface area contributed by atoms with Crippen LogP contribution in [0.5, 0.6) is 17.2 Å². The lowest BCUT2D eigenvalue weighted by atomic mass is 10.1. The van der Waals surface area contributed by atoms with Crippen LogP contribution in [-0.2, 0) is 4.79 Å². The van der Waals surface area contributed by atoms with Crippen molar-refractivity contribution in [3.05, 3.63) is 78.4 Å². The summed E-state index contributed by atoms with van der Waals surface area (Å²) in [5, 5.41) is 23.3. The van der Waals surface area contributed by atoms with Crippen molar-refractivity contribution in [1.29, 1.82) is 0 Å². The Labute approximate surface area is 219 Å². The number of hydrogen-bond acceptors (Lipinski definition) is 8. The lowest BCUT2D eigenvalue weighted by molar-refractivity contribution is -0.118. The minimum Gasteiger partial charge on any atom is -0.504 e. The summed E-state index contributed by atoms with van der Waals surface area (Å²) < 4.78 is 12.6. The number of ether oxygens (including phenoxy) is 2. The quantitative estimate of drug-likeness (QED) is 0.179. The van der Waals surface area contributed by atoms with Crippen LogP contribution in [0.25, 0.3) is 17.1 Å². The number of carbonyl (C=O) groups is 1. The molecule has 0 spiro atoms. The molecule has 1 heterocycles. The van der Waals surface area contributed by atoms with Crippen molar-refractivity contribution in [2.24, 2.45) is 5.10 Å². The number of benzene rings is 3. The van der Waals surface area contributed by atoms with E-state index in [0.717, 1.165) is 17.0 Å². The third kappa shape index (κ3) is 6.28. The second-order valence-corrected chi connectivity index (χ2v) is 8.78. The molecule has 0 aliphatic heterocycles. The fourth-order valence-electron chi connectivity index (χ4n) is 3.50. The summed E-state index contributed by atoms with van der Waals surface area (Å²) in [6, 6.07) is 22.3. The van der Waals surface area contributed by atoms with Gasteiger partial charge in [0.1, 0.15) is 5.75 Å². The number of rotatable bonds is 10. The summed E-state index contributed by atoms with van der Waals surface area (Å²) in [4.78, 5) is 12.6. The molecule has 0 saturated carbocycles. The van der Waals surface area contributed by atoms with Crippen LogP contribution in [0.4, 0.5) is 0 Å². The molecule has 0 atom stereocenters. The maximum absolute atomic E-state index is 12.6. The fraction of sp³-hybridized carbons (Fsp3) is 0.185. The monoisotopic (exact) mass is 517 g/mol. The molecule has 4 rings (SSSR count). The molecule has 0 radical (unpaired) electrons. The van der Waals surface area contributed by atoms with E-state index >= 15 is 0 Å². The van der Waals surface area contributed by atoms with Crippen molar-refractivity contribution in [1.82, 2.24) is 20.2 Å². The topological polar surface area (TPSA) is 111 Å². The number of nitrogens with zero attached hydrogens (tertiary/aromatic N) is 4. The van der Waals surface area contributed by atoms with E-state index < -0.39 is 0 Å². The number of hydrogen-bond donors (Lipinski definition) is 2. The number of methoxy groups -OCH3 is 1. The van der Waals surface area contributed by atoms with E-state index in [1.807, 2.05) is 66.1 Å². The van der Waals surface area contributed by atoms with Crippen LogP contribution in [0, 0.1) is 0 Å². The highest BCUT2D eigenvalue weighted by Crippen LogP contribution is 2.29. The molecule has 0 fully saturated rings. The van der Waals surface area contributed by atoms with Crippen LogP contribution in [0.2, 0.25) is 0 Å². The van der Waals surface area contributed by atoms with Crippen LogP contribution >= 0.6 is 11.8 Å². The van der Waals surface area contributed by atoms with Crippen LogP contribution < -0.4 is 14.9 Å². The molecule has 2 N–H and O–H groups in total. The summed E-state index contributed by atoms with van der Waals surface area (Å²) in [7, 11) is 1.47. The zero-order valence-electron chi connectivity index (χ0n) is 20.7. The van der Waals surface area contributed by atoms with Crippen LogP contribution in [0.3, 0.4) is 0 Å². The molecular formula is C27H27N5O4S. The third-order valence-electron chi connectivity index (χ3n) is 5.35. The van der Waals surface area contributed by atoms with Gasteiger partial charge in [-0.25, -0.2) is 5.43 Å². The molecule has 1 amide bonds. The van der Waals surface area contributed by atoms with Crippen molar-refractivity contribution < 1.29 is 19.4 Å². The number of phenolic OH excluding ortho intramolecular Hbond substituents is 1. The number of amides is 1. The van der Waals surface area contributed by atoms with Gasteiger partial charge in [-0.15, -0.1) is 10.2 Å². The van der Waals surface area contributed by atoms with Gasteiger partial charge in [0, 0.05) is 16.8 Å². The zero-order valence-corrected chi connectivity index (χ0v) is 21.5. The van der Waals surface area contributed by atoms with Gasteiger partial charge in [-0.3, -0.25) is 9.36 Å². The summed E-state index contributed by atoms with van der Waals surface area (Å²) in [5.74, 6) is 1.59. The Morgan fingerprint density at radius 2 is 1.84 bits per heavy atom. The van der Waals surface area contributed by atoms with Crippen LogP contribution in [0.1, 0.15) is 19.4 Å². The highest BCUT2D eigenvalue weighted by molar-refractivity contribution is 7.99. The van der Waals surface area contributed by atoms with E-state index in [9.17, 15) is 9.90 Å². The standard InChI is InChI=1S/C27H27N5O4S/c1-4-36-22-13-11-21(12-14-22)32-26(19-8-6-5-7-9-19)30-31-27(32)37-17-25(34)29-28-18(2)20-10-15-23(33)24(16-20)35-3/h5-16,33H,4,17H2,1-3H3,(H,29,34)/b28-18-. The first-order chi connectivity index (χ1) is 18.0. The normalized spacial score (nSPS) is 11.3. The van der Waals surface area contributed by atoms with Crippen molar-refractivity contribution in [3.63, 3.8) is 0 Å². The van der Waals surface area contributed by atoms with E-state index in [0.29, 0.717) is 34.6 Å². The molecule has 0 saturated heterocycles. The minimum absolute atomic E-state index is 0.0333. The van der Waals surface area contributed by atoms with Gasteiger partial charge in [0.25, 0.3) is 5.91 Å². The van der Waals surface area contributed by atoms with E-state index in [1.54, 1.807) is 19.1 Å². The predicted octanol–water partition coefficient (Wildman–Crippen LogP) is 4.68. The Morgan fingerprint density at radius 1 is 1.08 bits per heavy atom. The Hall–Kier alpha value is -4.31. The van der Waals surface area contributed by atoms with Crippen molar-refractivity contribution in [2.45, 2.75) is 19.0 Å². The van der Waals surface area contributed by atoms with Gasteiger partial charge in [-0.05, 0) is 56.3 Å². The largest absolute Gasteiger partial charge is 0.504 e. The smallest absolute Gasteiger partial charge is 0.250 e. The third-order valence-corrected chi connectivity index (χ3v) is 6.28. The Bertz CT molecular complexity index is 1390. The maximum Gasteiger partial charge on any atom is 0.250 e. The van der Waals surface area contributed by atoms with Crippen molar-refractivity contribution >= 4 is 23.4 Å². The van der Waals surface area contributed by atoms with E-state index in [-0.39, 0.29) is 17.4 Å². The highest BCUT2D eigenvalue weighted by Gasteiger charge is 2.17. The number of phenols is 1. The van der Waals surface area contributed by atoms with Crippen LogP contribution in [-0.4, -0.2) is 51.0 Å². The van der Waals surface area contributed by atoms with Crippen molar-refractivity contribution in [3.8, 4) is 34.3 Å². The Kier molecular flexibility index (Phi) is 8.42. The average molecular weight is 518 g/mol. The van der Waals surface area contributed by atoms with Gasteiger partial charge in [0.15, 0.2) is 22.5 Å². The van der Waals surface area contributed by atoms with Gasteiger partial charge >= 0.3 is 0 Å². The number of nitrogens with one attached hydrogen (secondary N) is 1. The molecule has 0 unspecified atom stereocenters. The molecule has 10 heteroatoms. The van der Waals surface area contributed by atoms with E-state index in [2.05, 4.69) is 20.7 Å². The molecule has 37 heavy (non-hydrogen) atoms. The number of aromatic nitrogens is 3. The fourth-order valence-corrected chi connectivity index (χ4v) is 4.25. The molecule has 190 valence electrons. The summed E-state index contributed by atoms with van der Waals surface area (Å²) in [6.45, 7) is 4.28. The number of carbonyl (C=O) groups excluding carboxylic acids is 1. The molecule has 0 aliphatic carbocycles. The molecule has 0 aliphatic rings. The SMILES string of the molecule is CCOc1ccc(-n2c(SCC(=O)N/N=C(/C)c3ccc(O)c(OC)c3)nnc2-c2ccccc2)cc1. The lowest BCUT2D eigenvalue weighted by Gasteiger charge is -2.11. The second kappa shape index (κ2) is 12.1. The molecule has 9 nitrogen and oxygen atoms in total. The Balaban J connectivity index is 1.51. The first kappa shape index (κ1) is 25.8. The molecule has 3 aromatic carbocycles. The molecule has 1 aromatic heterocycles.